The summed E-state index contributed by atoms with van der Waals surface area (Å²) in [6, 6.07) is 7.29. The van der Waals surface area contributed by atoms with Gasteiger partial charge >= 0.3 is 0 Å². The van der Waals surface area contributed by atoms with Gasteiger partial charge < -0.3 is 19.3 Å². The minimum absolute atomic E-state index is 0.0416. The largest absolute Gasteiger partial charge is 0.493 e. The topological polar surface area (TPSA) is 54.9 Å². The highest BCUT2D eigenvalue weighted by atomic mass is 35.5. The van der Waals surface area contributed by atoms with Crippen LogP contribution in [-0.4, -0.2) is 55.7 Å². The average molecular weight is 450 g/mol. The van der Waals surface area contributed by atoms with Crippen molar-refractivity contribution in [2.24, 2.45) is 0 Å². The van der Waals surface area contributed by atoms with E-state index in [0.29, 0.717) is 41.2 Å². The number of hydrogen-bond donors (Lipinski definition) is 0. The quantitative estimate of drug-likeness (QED) is 0.580. The zero-order valence-corrected chi connectivity index (χ0v) is 18.6. The molecule has 1 aliphatic heterocycles. The summed E-state index contributed by atoms with van der Waals surface area (Å²) in [6.07, 6.45) is 5.81. The normalized spacial score (nSPS) is 14.3. The summed E-state index contributed by atoms with van der Waals surface area (Å²) in [6.45, 7) is 5.27. The number of anilines is 1. The van der Waals surface area contributed by atoms with E-state index in [1.54, 1.807) is 31.5 Å². The van der Waals surface area contributed by atoms with Gasteiger partial charge in [-0.05, 0) is 42.3 Å². The van der Waals surface area contributed by atoms with Gasteiger partial charge in [-0.2, -0.15) is 0 Å². The van der Waals surface area contributed by atoms with E-state index in [2.05, 4.69) is 9.88 Å². The molecule has 2 heterocycles. The Labute approximate surface area is 187 Å². The molecular formula is C22H25Cl2N3O3. The fourth-order valence-electron chi connectivity index (χ4n) is 3.16. The van der Waals surface area contributed by atoms with Crippen LogP contribution in [-0.2, 0) is 4.79 Å². The maximum atomic E-state index is 12.6. The molecule has 160 valence electrons. The maximum absolute atomic E-state index is 12.6. The predicted molar refractivity (Wildman–Crippen MR) is 121 cm³/mol. The van der Waals surface area contributed by atoms with Gasteiger partial charge in [0.05, 0.1) is 23.8 Å². The van der Waals surface area contributed by atoms with Crippen LogP contribution in [0.4, 0.5) is 5.82 Å². The van der Waals surface area contributed by atoms with Crippen LogP contribution in [0.25, 0.3) is 6.08 Å². The number of halogens is 2. The van der Waals surface area contributed by atoms with Gasteiger partial charge in [0.25, 0.3) is 0 Å². The van der Waals surface area contributed by atoms with E-state index in [9.17, 15) is 4.79 Å². The Hall–Kier alpha value is -2.44. The molecule has 1 saturated heterocycles. The third-order valence-corrected chi connectivity index (χ3v) is 5.25. The second-order valence-electron chi connectivity index (χ2n) is 6.86. The van der Waals surface area contributed by atoms with Gasteiger partial charge in [0.2, 0.25) is 5.91 Å². The zero-order chi connectivity index (χ0) is 21.5. The third-order valence-electron chi connectivity index (χ3n) is 4.75. The van der Waals surface area contributed by atoms with Crippen molar-refractivity contribution in [3.63, 3.8) is 0 Å². The van der Waals surface area contributed by atoms with Crippen molar-refractivity contribution in [3.8, 4) is 11.5 Å². The number of nitrogens with zero attached hydrogens (tertiary/aromatic N) is 3. The van der Waals surface area contributed by atoms with Crippen LogP contribution in [0.15, 0.2) is 36.5 Å². The Morgan fingerprint density at radius 2 is 1.97 bits per heavy atom. The molecule has 0 radical (unpaired) electrons. The van der Waals surface area contributed by atoms with Crippen LogP contribution < -0.4 is 14.4 Å². The van der Waals surface area contributed by atoms with E-state index in [1.165, 1.54) is 0 Å². The van der Waals surface area contributed by atoms with Crippen molar-refractivity contribution in [1.29, 1.82) is 0 Å². The van der Waals surface area contributed by atoms with E-state index < -0.39 is 0 Å². The van der Waals surface area contributed by atoms with Crippen LogP contribution in [0.3, 0.4) is 0 Å². The second-order valence-corrected chi connectivity index (χ2v) is 7.71. The van der Waals surface area contributed by atoms with Gasteiger partial charge in [0.15, 0.2) is 11.5 Å². The molecule has 2 aromatic rings. The third kappa shape index (κ3) is 5.58. The molecule has 6 nitrogen and oxygen atoms in total. The highest BCUT2D eigenvalue weighted by Crippen LogP contribution is 2.36. The number of ether oxygens (including phenoxy) is 2. The van der Waals surface area contributed by atoms with Crippen molar-refractivity contribution in [3.05, 3.63) is 52.1 Å². The Bertz CT molecular complexity index is 895. The van der Waals surface area contributed by atoms with Crippen LogP contribution in [0.1, 0.15) is 18.9 Å². The predicted octanol–water partition coefficient (Wildman–Crippen LogP) is 4.55. The molecular weight excluding hydrogens is 425 g/mol. The van der Waals surface area contributed by atoms with Crippen LogP contribution in [0.5, 0.6) is 11.5 Å². The Kier molecular flexibility index (Phi) is 7.82. The molecule has 0 saturated carbocycles. The number of carbonyl (C=O) groups is 1. The smallest absolute Gasteiger partial charge is 0.246 e. The highest BCUT2D eigenvalue weighted by molar-refractivity contribution is 6.32. The summed E-state index contributed by atoms with van der Waals surface area (Å²) in [7, 11) is 1.57. The minimum atomic E-state index is -0.0416. The minimum Gasteiger partial charge on any atom is -0.493 e. The van der Waals surface area contributed by atoms with E-state index >= 15 is 0 Å². The number of rotatable bonds is 7. The highest BCUT2D eigenvalue weighted by Gasteiger charge is 2.20. The summed E-state index contributed by atoms with van der Waals surface area (Å²) in [4.78, 5) is 20.9. The zero-order valence-electron chi connectivity index (χ0n) is 17.1. The lowest BCUT2D eigenvalue weighted by molar-refractivity contribution is -0.126. The average Bonchev–Trinajstić information content (AvgIpc) is 2.77. The second kappa shape index (κ2) is 10.5. The van der Waals surface area contributed by atoms with Gasteiger partial charge in [0.1, 0.15) is 5.82 Å². The number of amides is 1. The maximum Gasteiger partial charge on any atom is 0.246 e. The van der Waals surface area contributed by atoms with Crippen LogP contribution in [0, 0.1) is 0 Å². The van der Waals surface area contributed by atoms with E-state index in [-0.39, 0.29) is 5.91 Å². The molecule has 30 heavy (non-hydrogen) atoms. The Morgan fingerprint density at radius 3 is 2.60 bits per heavy atom. The lowest BCUT2D eigenvalue weighted by atomic mass is 10.1. The lowest BCUT2D eigenvalue weighted by Gasteiger charge is -2.34. The number of piperazine rings is 1. The van der Waals surface area contributed by atoms with Crippen molar-refractivity contribution in [2.75, 3.05) is 44.8 Å². The van der Waals surface area contributed by atoms with Crippen LogP contribution >= 0.6 is 23.2 Å². The molecule has 1 aromatic heterocycles. The molecule has 3 rings (SSSR count). The van der Waals surface area contributed by atoms with Crippen molar-refractivity contribution in [2.45, 2.75) is 13.3 Å². The van der Waals surface area contributed by atoms with Crippen molar-refractivity contribution < 1.29 is 14.3 Å². The molecule has 0 N–H and O–H groups in total. The molecule has 0 bridgehead atoms. The number of hydrogen-bond acceptors (Lipinski definition) is 5. The van der Waals surface area contributed by atoms with E-state index in [1.807, 2.05) is 30.0 Å². The number of benzene rings is 1. The molecule has 0 aliphatic carbocycles. The molecule has 0 spiro atoms. The van der Waals surface area contributed by atoms with Gasteiger partial charge in [-0.15, -0.1) is 0 Å². The standard InChI is InChI=1S/C22H25Cl2N3O3/c1-3-12-30-22-18(24)13-16(14-19(22)29-2)4-7-21(28)27-10-8-26(9-11-27)20-6-5-17(23)15-25-20/h4-7,13-15H,3,8-12H2,1-2H3/b7-4+. The molecule has 1 aliphatic rings. The van der Waals surface area contributed by atoms with Gasteiger partial charge in [-0.3, -0.25) is 4.79 Å². The first kappa shape index (κ1) is 22.2. The number of carbonyl (C=O) groups excluding carboxylic acids is 1. The first-order valence-corrected chi connectivity index (χ1v) is 10.6. The first-order valence-electron chi connectivity index (χ1n) is 9.85. The van der Waals surface area contributed by atoms with Gasteiger partial charge in [-0.25, -0.2) is 4.98 Å². The lowest BCUT2D eigenvalue weighted by Crippen LogP contribution is -2.48. The summed E-state index contributed by atoms with van der Waals surface area (Å²) in [5, 5.41) is 1.07. The van der Waals surface area contributed by atoms with Crippen molar-refractivity contribution in [1.82, 2.24) is 9.88 Å². The Morgan fingerprint density at radius 1 is 1.20 bits per heavy atom. The molecule has 1 fully saturated rings. The van der Waals surface area contributed by atoms with Crippen molar-refractivity contribution >= 4 is 41.0 Å². The fraction of sp³-hybridized carbons (Fsp3) is 0.364. The molecule has 0 atom stereocenters. The SMILES string of the molecule is CCCOc1c(Cl)cc(/C=C/C(=O)N2CCN(c3ccc(Cl)cn3)CC2)cc1OC. The summed E-state index contributed by atoms with van der Waals surface area (Å²) < 4.78 is 11.1. The van der Waals surface area contributed by atoms with Crippen LogP contribution in [0.2, 0.25) is 10.0 Å². The van der Waals surface area contributed by atoms with Gasteiger partial charge in [0, 0.05) is 38.5 Å². The monoisotopic (exact) mass is 449 g/mol. The molecule has 1 amide bonds. The first-order chi connectivity index (χ1) is 14.5. The number of methoxy groups -OCH3 is 1. The summed E-state index contributed by atoms with van der Waals surface area (Å²) >= 11 is 12.2. The van der Waals surface area contributed by atoms with E-state index in [0.717, 1.165) is 30.9 Å². The Balaban J connectivity index is 1.61. The summed E-state index contributed by atoms with van der Waals surface area (Å²) in [5.74, 6) is 1.90. The number of aromatic nitrogens is 1. The number of pyridine rings is 1. The molecule has 8 heteroatoms. The molecule has 0 unspecified atom stereocenters. The molecule has 1 aromatic carbocycles. The van der Waals surface area contributed by atoms with Gasteiger partial charge in [-0.1, -0.05) is 30.1 Å². The fourth-order valence-corrected chi connectivity index (χ4v) is 3.55. The summed E-state index contributed by atoms with van der Waals surface area (Å²) in [5.41, 5.74) is 0.776. The van der Waals surface area contributed by atoms with E-state index in [4.69, 9.17) is 32.7 Å².